The normalized spacial score (nSPS) is 16.1. The zero-order valence-corrected chi connectivity index (χ0v) is 15.0. The average Bonchev–Trinajstić information content (AvgIpc) is 3.24. The van der Waals surface area contributed by atoms with Gasteiger partial charge in [0.25, 0.3) is 0 Å². The Labute approximate surface area is 147 Å². The standard InChI is InChI=1S/C19H24N4S/c1-21-15-20-14-16(21)4-3-8-22-9-11-23(12-10-22)18-5-2-6-19-17(18)7-13-24-19/h2,5-7,13-15H,3-4,8-12H2,1H3. The van der Waals surface area contributed by atoms with E-state index >= 15 is 0 Å². The number of imidazole rings is 1. The summed E-state index contributed by atoms with van der Waals surface area (Å²) in [5, 5.41) is 3.61. The molecule has 1 aliphatic rings. The van der Waals surface area contributed by atoms with E-state index in [9.17, 15) is 0 Å². The zero-order chi connectivity index (χ0) is 16.4. The Morgan fingerprint density at radius 3 is 2.79 bits per heavy atom. The summed E-state index contributed by atoms with van der Waals surface area (Å²) in [5.41, 5.74) is 2.74. The van der Waals surface area contributed by atoms with Crippen LogP contribution in [0.3, 0.4) is 0 Å². The van der Waals surface area contributed by atoms with Crippen molar-refractivity contribution < 1.29 is 0 Å². The molecule has 0 atom stereocenters. The number of anilines is 1. The highest BCUT2D eigenvalue weighted by Gasteiger charge is 2.18. The van der Waals surface area contributed by atoms with Crippen LogP contribution in [0.1, 0.15) is 12.1 Å². The number of thiophene rings is 1. The van der Waals surface area contributed by atoms with E-state index < -0.39 is 0 Å². The van der Waals surface area contributed by atoms with Gasteiger partial charge in [-0.1, -0.05) is 6.07 Å². The van der Waals surface area contributed by atoms with E-state index in [0.29, 0.717) is 0 Å². The van der Waals surface area contributed by atoms with E-state index in [2.05, 4.69) is 56.0 Å². The highest BCUT2D eigenvalue weighted by Crippen LogP contribution is 2.31. The van der Waals surface area contributed by atoms with Gasteiger partial charge in [-0.15, -0.1) is 11.3 Å². The molecule has 0 N–H and O–H groups in total. The molecule has 1 aromatic carbocycles. The van der Waals surface area contributed by atoms with Gasteiger partial charge >= 0.3 is 0 Å². The molecule has 0 amide bonds. The summed E-state index contributed by atoms with van der Waals surface area (Å²) in [6, 6.07) is 8.94. The molecule has 5 heteroatoms. The van der Waals surface area contributed by atoms with Gasteiger partial charge in [-0.05, 0) is 43.0 Å². The van der Waals surface area contributed by atoms with Crippen molar-refractivity contribution in [3.05, 3.63) is 47.9 Å². The van der Waals surface area contributed by atoms with Gasteiger partial charge in [0.05, 0.1) is 6.33 Å². The highest BCUT2D eigenvalue weighted by molar-refractivity contribution is 7.17. The summed E-state index contributed by atoms with van der Waals surface area (Å²) in [5.74, 6) is 0. The van der Waals surface area contributed by atoms with Crippen molar-refractivity contribution >= 4 is 27.1 Å². The maximum Gasteiger partial charge on any atom is 0.0945 e. The van der Waals surface area contributed by atoms with Gasteiger partial charge in [0.1, 0.15) is 0 Å². The molecule has 0 unspecified atom stereocenters. The van der Waals surface area contributed by atoms with Crippen molar-refractivity contribution in [2.45, 2.75) is 12.8 Å². The number of hydrogen-bond acceptors (Lipinski definition) is 4. The molecular formula is C19H24N4S. The lowest BCUT2D eigenvalue weighted by atomic mass is 10.1. The fourth-order valence-corrected chi connectivity index (χ4v) is 4.38. The summed E-state index contributed by atoms with van der Waals surface area (Å²) in [4.78, 5) is 9.34. The molecule has 1 fully saturated rings. The Balaban J connectivity index is 1.30. The van der Waals surface area contributed by atoms with E-state index in [1.807, 2.05) is 23.9 Å². The second-order valence-corrected chi connectivity index (χ2v) is 7.49. The fraction of sp³-hybridized carbons (Fsp3) is 0.421. The molecule has 2 aromatic heterocycles. The summed E-state index contributed by atoms with van der Waals surface area (Å²) < 4.78 is 3.52. The molecular weight excluding hydrogens is 316 g/mol. The van der Waals surface area contributed by atoms with Gasteiger partial charge in [-0.2, -0.15) is 0 Å². The van der Waals surface area contributed by atoms with E-state index in [4.69, 9.17) is 0 Å². The molecule has 3 aromatic rings. The summed E-state index contributed by atoms with van der Waals surface area (Å²) in [6.45, 7) is 5.75. The first-order chi connectivity index (χ1) is 11.8. The number of benzene rings is 1. The molecule has 126 valence electrons. The van der Waals surface area contributed by atoms with E-state index in [-0.39, 0.29) is 0 Å². The Bertz CT molecular complexity index is 798. The molecule has 1 aliphatic heterocycles. The third-order valence-corrected chi connectivity index (χ3v) is 5.89. The number of hydrogen-bond donors (Lipinski definition) is 0. The van der Waals surface area contributed by atoms with Crippen LogP contribution in [-0.2, 0) is 13.5 Å². The van der Waals surface area contributed by atoms with Gasteiger partial charge in [0, 0.05) is 60.9 Å². The number of rotatable bonds is 5. The third-order valence-electron chi connectivity index (χ3n) is 5.01. The van der Waals surface area contributed by atoms with Gasteiger partial charge in [0.2, 0.25) is 0 Å². The van der Waals surface area contributed by atoms with Crippen molar-refractivity contribution in [3.63, 3.8) is 0 Å². The average molecular weight is 340 g/mol. The van der Waals surface area contributed by atoms with Gasteiger partial charge in [-0.25, -0.2) is 4.98 Å². The molecule has 3 heterocycles. The largest absolute Gasteiger partial charge is 0.368 e. The zero-order valence-electron chi connectivity index (χ0n) is 14.2. The number of aryl methyl sites for hydroxylation is 2. The molecule has 4 rings (SSSR count). The second-order valence-electron chi connectivity index (χ2n) is 6.54. The van der Waals surface area contributed by atoms with Gasteiger partial charge < -0.3 is 9.47 Å². The van der Waals surface area contributed by atoms with Crippen LogP contribution < -0.4 is 4.90 Å². The first kappa shape index (κ1) is 15.7. The predicted octanol–water partition coefficient (Wildman–Crippen LogP) is 3.39. The minimum absolute atomic E-state index is 1.12. The Kier molecular flexibility index (Phi) is 4.54. The van der Waals surface area contributed by atoms with Crippen LogP contribution >= 0.6 is 11.3 Å². The minimum Gasteiger partial charge on any atom is -0.368 e. The third kappa shape index (κ3) is 3.19. The summed E-state index contributed by atoms with van der Waals surface area (Å²) in [6.07, 6.45) is 6.20. The first-order valence-corrected chi connectivity index (χ1v) is 9.58. The van der Waals surface area contributed by atoms with Crippen molar-refractivity contribution in [1.29, 1.82) is 0 Å². The summed E-state index contributed by atoms with van der Waals surface area (Å²) in [7, 11) is 2.08. The molecule has 1 saturated heterocycles. The molecule has 4 nitrogen and oxygen atoms in total. The van der Waals surface area contributed by atoms with Gasteiger partial charge in [-0.3, -0.25) is 4.90 Å². The molecule has 0 aliphatic carbocycles. The van der Waals surface area contributed by atoms with Crippen molar-refractivity contribution in [3.8, 4) is 0 Å². The van der Waals surface area contributed by atoms with Crippen LogP contribution in [-0.4, -0.2) is 47.2 Å². The van der Waals surface area contributed by atoms with Gasteiger partial charge in [0.15, 0.2) is 0 Å². The molecule has 0 bridgehead atoms. The second kappa shape index (κ2) is 6.95. The van der Waals surface area contributed by atoms with Crippen LogP contribution in [0.4, 0.5) is 5.69 Å². The maximum absolute atomic E-state index is 4.19. The van der Waals surface area contributed by atoms with Crippen LogP contribution in [0.2, 0.25) is 0 Å². The monoisotopic (exact) mass is 340 g/mol. The number of aromatic nitrogens is 2. The first-order valence-electron chi connectivity index (χ1n) is 8.70. The lowest BCUT2D eigenvalue weighted by Gasteiger charge is -2.36. The van der Waals surface area contributed by atoms with E-state index in [0.717, 1.165) is 32.6 Å². The Hall–Kier alpha value is -1.85. The van der Waals surface area contributed by atoms with E-state index in [1.54, 1.807) is 0 Å². The lowest BCUT2D eigenvalue weighted by molar-refractivity contribution is 0.255. The number of piperazine rings is 1. The van der Waals surface area contributed by atoms with Crippen LogP contribution in [0.15, 0.2) is 42.2 Å². The van der Waals surface area contributed by atoms with Crippen LogP contribution in [0, 0.1) is 0 Å². The van der Waals surface area contributed by atoms with Crippen molar-refractivity contribution in [2.75, 3.05) is 37.6 Å². The smallest absolute Gasteiger partial charge is 0.0945 e. The fourth-order valence-electron chi connectivity index (χ4n) is 3.58. The Morgan fingerprint density at radius 1 is 1.12 bits per heavy atom. The molecule has 0 radical (unpaired) electrons. The minimum atomic E-state index is 1.12. The molecule has 0 saturated carbocycles. The quantitative estimate of drug-likeness (QED) is 0.711. The topological polar surface area (TPSA) is 24.3 Å². The number of fused-ring (bicyclic) bond motifs is 1. The summed E-state index contributed by atoms with van der Waals surface area (Å²) >= 11 is 1.83. The predicted molar refractivity (Wildman–Crippen MR) is 102 cm³/mol. The highest BCUT2D eigenvalue weighted by atomic mass is 32.1. The van der Waals surface area contributed by atoms with Crippen molar-refractivity contribution in [2.24, 2.45) is 7.05 Å². The molecule has 0 spiro atoms. The van der Waals surface area contributed by atoms with E-state index in [1.165, 1.54) is 34.4 Å². The SMILES string of the molecule is Cn1cncc1CCCN1CCN(c2cccc3sccc23)CC1. The molecule has 24 heavy (non-hydrogen) atoms. The lowest BCUT2D eigenvalue weighted by Crippen LogP contribution is -2.46. The van der Waals surface area contributed by atoms with Crippen molar-refractivity contribution in [1.82, 2.24) is 14.5 Å². The van der Waals surface area contributed by atoms with Crippen LogP contribution in [0.25, 0.3) is 10.1 Å². The Morgan fingerprint density at radius 2 is 2.00 bits per heavy atom. The maximum atomic E-state index is 4.19. The number of nitrogens with zero attached hydrogens (tertiary/aromatic N) is 4. The van der Waals surface area contributed by atoms with Crippen LogP contribution in [0.5, 0.6) is 0 Å².